The Morgan fingerprint density at radius 1 is 1.08 bits per heavy atom. The van der Waals surface area contributed by atoms with Crippen LogP contribution < -0.4 is 15.5 Å². The molecule has 198 valence electrons. The molecule has 2 aromatic heterocycles. The first-order chi connectivity index (χ1) is 18.7. The molecule has 0 aliphatic carbocycles. The lowest BCUT2D eigenvalue weighted by atomic mass is 10.00. The number of non-ortho nitro benzene ring substituents is 1. The molecule has 4 aromatic rings. The molecule has 0 radical (unpaired) electrons. The van der Waals surface area contributed by atoms with E-state index in [1.54, 1.807) is 18.3 Å². The fourth-order valence-electron chi connectivity index (χ4n) is 4.78. The molecule has 0 unspecified atom stereocenters. The van der Waals surface area contributed by atoms with Crippen molar-refractivity contribution in [3.05, 3.63) is 112 Å². The SMILES string of the molecule is Cc1cc(N2C(=S)N[C@H](c3ccccn3)[C@@H]2c2cccn2-c2cccc([N+](=O)[O-])c2)ccc1NC(=O)C(C)C. The average molecular weight is 541 g/mol. The van der Waals surface area contributed by atoms with Gasteiger partial charge in [-0.05, 0) is 73.2 Å². The van der Waals surface area contributed by atoms with E-state index in [1.165, 1.54) is 6.07 Å². The van der Waals surface area contributed by atoms with Crippen LogP contribution in [-0.4, -0.2) is 25.5 Å². The van der Waals surface area contributed by atoms with Gasteiger partial charge in [0.1, 0.15) is 6.04 Å². The third-order valence-electron chi connectivity index (χ3n) is 6.77. The molecule has 1 amide bonds. The smallest absolute Gasteiger partial charge is 0.271 e. The number of rotatable bonds is 7. The van der Waals surface area contributed by atoms with Crippen LogP contribution in [0.15, 0.2) is 85.2 Å². The zero-order valence-electron chi connectivity index (χ0n) is 21.7. The monoisotopic (exact) mass is 540 g/mol. The topological polar surface area (TPSA) is 105 Å². The molecule has 5 rings (SSSR count). The number of nitro groups is 1. The number of hydrogen-bond acceptors (Lipinski definition) is 5. The van der Waals surface area contributed by atoms with Gasteiger partial charge in [-0.15, -0.1) is 0 Å². The number of benzene rings is 2. The highest BCUT2D eigenvalue weighted by atomic mass is 32.1. The fourth-order valence-corrected chi connectivity index (χ4v) is 5.12. The Morgan fingerprint density at radius 2 is 1.90 bits per heavy atom. The Bertz CT molecular complexity index is 1550. The van der Waals surface area contributed by atoms with Crippen molar-refractivity contribution in [3.63, 3.8) is 0 Å². The Balaban J connectivity index is 1.61. The van der Waals surface area contributed by atoms with Crippen LogP contribution >= 0.6 is 12.2 Å². The summed E-state index contributed by atoms with van der Waals surface area (Å²) in [4.78, 5) is 30.0. The molecule has 0 saturated carbocycles. The van der Waals surface area contributed by atoms with Gasteiger partial charge in [0.05, 0.1) is 22.3 Å². The Morgan fingerprint density at radius 3 is 2.59 bits per heavy atom. The summed E-state index contributed by atoms with van der Waals surface area (Å²) in [6.07, 6.45) is 3.63. The Kier molecular flexibility index (Phi) is 7.12. The number of nitro benzene ring substituents is 1. The number of anilines is 2. The van der Waals surface area contributed by atoms with Crippen LogP contribution in [0.2, 0.25) is 0 Å². The maximum Gasteiger partial charge on any atom is 0.271 e. The summed E-state index contributed by atoms with van der Waals surface area (Å²) in [6, 6.07) is 21.4. The van der Waals surface area contributed by atoms with Crippen LogP contribution in [0.3, 0.4) is 0 Å². The van der Waals surface area contributed by atoms with Gasteiger partial charge in [-0.1, -0.05) is 26.0 Å². The molecule has 2 N–H and O–H groups in total. The number of nitrogens with one attached hydrogen (secondary N) is 2. The van der Waals surface area contributed by atoms with E-state index in [4.69, 9.17) is 12.2 Å². The highest BCUT2D eigenvalue weighted by Gasteiger charge is 2.42. The quantitative estimate of drug-likeness (QED) is 0.172. The summed E-state index contributed by atoms with van der Waals surface area (Å²) in [6.45, 7) is 5.65. The van der Waals surface area contributed by atoms with Crippen LogP contribution in [0.4, 0.5) is 17.1 Å². The minimum Gasteiger partial charge on any atom is -0.351 e. The molecule has 10 heteroatoms. The van der Waals surface area contributed by atoms with Gasteiger partial charge in [-0.3, -0.25) is 19.9 Å². The van der Waals surface area contributed by atoms with Crippen molar-refractivity contribution in [2.45, 2.75) is 32.9 Å². The summed E-state index contributed by atoms with van der Waals surface area (Å²) >= 11 is 5.86. The number of aryl methyl sites for hydroxylation is 1. The predicted molar refractivity (Wildman–Crippen MR) is 155 cm³/mol. The molecular weight excluding hydrogens is 512 g/mol. The number of amides is 1. The molecule has 1 aliphatic heterocycles. The molecule has 0 spiro atoms. The minimum absolute atomic E-state index is 0.0139. The van der Waals surface area contributed by atoms with E-state index in [2.05, 4.69) is 15.6 Å². The Hall–Kier alpha value is -4.57. The standard InChI is InChI=1S/C29H28N6O3S/c1-18(2)28(36)31-23-13-12-21(16-19(23)3)34-27(26(32-29(34)39)24-10-4-5-14-30-24)25-11-7-15-33(25)20-8-6-9-22(17-20)35(37)38/h4-18,26-27H,1-3H3,(H,31,36)(H,32,39)/t26-,27+/m1/s1. The lowest BCUT2D eigenvalue weighted by Gasteiger charge is -2.29. The number of hydrogen-bond donors (Lipinski definition) is 2. The second-order valence-corrected chi connectivity index (χ2v) is 10.1. The largest absolute Gasteiger partial charge is 0.351 e. The summed E-state index contributed by atoms with van der Waals surface area (Å²) in [5.41, 5.74) is 4.88. The van der Waals surface area contributed by atoms with Crippen LogP contribution in [0.25, 0.3) is 5.69 Å². The van der Waals surface area contributed by atoms with Gasteiger partial charge >= 0.3 is 0 Å². The fraction of sp³-hybridized carbons (Fsp3) is 0.207. The first-order valence-corrected chi connectivity index (χ1v) is 13.0. The van der Waals surface area contributed by atoms with E-state index in [1.807, 2.05) is 91.0 Å². The molecule has 1 saturated heterocycles. The van der Waals surface area contributed by atoms with Gasteiger partial charge in [0.25, 0.3) is 5.69 Å². The maximum atomic E-state index is 12.3. The molecule has 2 aromatic carbocycles. The predicted octanol–water partition coefficient (Wildman–Crippen LogP) is 5.86. The molecule has 39 heavy (non-hydrogen) atoms. The molecule has 2 atom stereocenters. The van der Waals surface area contributed by atoms with Gasteiger partial charge < -0.3 is 20.1 Å². The maximum absolute atomic E-state index is 12.3. The van der Waals surface area contributed by atoms with Gasteiger partial charge in [0, 0.05) is 47.5 Å². The van der Waals surface area contributed by atoms with Crippen molar-refractivity contribution in [2.75, 3.05) is 10.2 Å². The zero-order valence-corrected chi connectivity index (χ0v) is 22.6. The van der Waals surface area contributed by atoms with E-state index < -0.39 is 4.92 Å². The summed E-state index contributed by atoms with van der Waals surface area (Å²) in [5, 5.41) is 18.4. The molecule has 9 nitrogen and oxygen atoms in total. The molecule has 3 heterocycles. The van der Waals surface area contributed by atoms with Crippen LogP contribution in [-0.2, 0) is 4.79 Å². The van der Waals surface area contributed by atoms with Crippen LogP contribution in [0.5, 0.6) is 0 Å². The van der Waals surface area contributed by atoms with Crippen molar-refractivity contribution in [2.24, 2.45) is 5.92 Å². The molecular formula is C29H28N6O3S. The molecule has 1 aliphatic rings. The molecule has 1 fully saturated rings. The highest BCUT2D eigenvalue weighted by molar-refractivity contribution is 7.80. The lowest BCUT2D eigenvalue weighted by Crippen LogP contribution is -2.30. The number of aromatic nitrogens is 2. The first-order valence-electron chi connectivity index (χ1n) is 12.6. The second kappa shape index (κ2) is 10.7. The van der Waals surface area contributed by atoms with Crippen LogP contribution in [0.1, 0.15) is 42.9 Å². The van der Waals surface area contributed by atoms with E-state index in [0.717, 1.165) is 28.3 Å². The van der Waals surface area contributed by atoms with E-state index in [-0.39, 0.29) is 29.6 Å². The number of nitrogens with zero attached hydrogens (tertiary/aromatic N) is 4. The van der Waals surface area contributed by atoms with Gasteiger partial charge in [0.2, 0.25) is 5.91 Å². The third kappa shape index (κ3) is 5.10. The van der Waals surface area contributed by atoms with Crippen molar-refractivity contribution < 1.29 is 9.72 Å². The lowest BCUT2D eigenvalue weighted by molar-refractivity contribution is -0.384. The number of carbonyl (C=O) groups is 1. The van der Waals surface area contributed by atoms with Gasteiger partial charge in [-0.25, -0.2) is 0 Å². The first kappa shape index (κ1) is 26.1. The van der Waals surface area contributed by atoms with Crippen molar-refractivity contribution in [3.8, 4) is 5.69 Å². The number of carbonyl (C=O) groups excluding carboxylic acids is 1. The van der Waals surface area contributed by atoms with Gasteiger partial charge in [0.15, 0.2) is 5.11 Å². The van der Waals surface area contributed by atoms with E-state index in [9.17, 15) is 14.9 Å². The highest BCUT2D eigenvalue weighted by Crippen LogP contribution is 2.43. The van der Waals surface area contributed by atoms with Crippen molar-refractivity contribution >= 4 is 40.3 Å². The summed E-state index contributed by atoms with van der Waals surface area (Å²) in [7, 11) is 0. The van der Waals surface area contributed by atoms with Crippen LogP contribution in [0, 0.1) is 23.0 Å². The second-order valence-electron chi connectivity index (χ2n) is 9.72. The summed E-state index contributed by atoms with van der Waals surface area (Å²) < 4.78 is 1.94. The van der Waals surface area contributed by atoms with Crippen molar-refractivity contribution in [1.82, 2.24) is 14.9 Å². The average Bonchev–Trinajstić information content (AvgIpc) is 3.54. The third-order valence-corrected chi connectivity index (χ3v) is 7.09. The van der Waals surface area contributed by atoms with E-state index in [0.29, 0.717) is 10.8 Å². The molecule has 0 bridgehead atoms. The minimum atomic E-state index is -0.398. The normalized spacial score (nSPS) is 16.8. The Labute approximate surface area is 231 Å². The number of pyridine rings is 1. The number of thiocarbonyl (C=S) groups is 1. The van der Waals surface area contributed by atoms with E-state index >= 15 is 0 Å². The summed E-state index contributed by atoms with van der Waals surface area (Å²) in [5.74, 6) is -0.184. The zero-order chi connectivity index (χ0) is 27.7. The van der Waals surface area contributed by atoms with Gasteiger partial charge in [-0.2, -0.15) is 0 Å². The van der Waals surface area contributed by atoms with Crippen molar-refractivity contribution in [1.29, 1.82) is 0 Å².